The number of amides is 1. The highest BCUT2D eigenvalue weighted by Crippen LogP contribution is 2.32. The number of hydrogen-bond donors (Lipinski definition) is 2. The van der Waals surface area contributed by atoms with Gasteiger partial charge in [-0.05, 0) is 33.6 Å². The van der Waals surface area contributed by atoms with Crippen molar-refractivity contribution < 1.29 is 14.6 Å². The summed E-state index contributed by atoms with van der Waals surface area (Å²) in [5.74, 6) is 0. The number of ether oxygens (including phenoxy) is 1. The van der Waals surface area contributed by atoms with Crippen LogP contribution in [0.1, 0.15) is 52.9 Å². The Kier molecular flexibility index (Phi) is 5.46. The normalized spacial score (nSPS) is 21.2. The van der Waals surface area contributed by atoms with Crippen molar-refractivity contribution in [3.8, 4) is 0 Å². The van der Waals surface area contributed by atoms with Gasteiger partial charge in [0.2, 0.25) is 0 Å². The molecule has 0 aromatic heterocycles. The van der Waals surface area contributed by atoms with E-state index in [1.54, 1.807) is 0 Å². The van der Waals surface area contributed by atoms with Gasteiger partial charge in [0.05, 0.1) is 11.6 Å². The maximum Gasteiger partial charge on any atom is 0.408 e. The van der Waals surface area contributed by atoms with Gasteiger partial charge < -0.3 is 15.2 Å². The molecule has 1 rings (SSSR count). The summed E-state index contributed by atoms with van der Waals surface area (Å²) in [5, 5.41) is 13.5. The molecular weight excluding hydrogens is 298 g/mol. The predicted octanol–water partition coefficient (Wildman–Crippen LogP) is 2.97. The van der Waals surface area contributed by atoms with E-state index in [-0.39, 0.29) is 0 Å². The summed E-state index contributed by atoms with van der Waals surface area (Å²) >= 11 is 3.29. The molecule has 0 radical (unpaired) electrons. The number of alkyl carbamates (subject to hydrolysis) is 1. The van der Waals surface area contributed by atoms with E-state index in [9.17, 15) is 9.90 Å². The van der Waals surface area contributed by atoms with Crippen molar-refractivity contribution in [2.45, 2.75) is 70.1 Å². The minimum Gasteiger partial charge on any atom is -0.444 e. The Labute approximate surface area is 118 Å². The molecule has 106 valence electrons. The molecule has 4 nitrogen and oxygen atoms in total. The number of hydrogen-bond acceptors (Lipinski definition) is 3. The maximum absolute atomic E-state index is 11.9. The molecule has 0 heterocycles. The van der Waals surface area contributed by atoms with Crippen LogP contribution in [0.3, 0.4) is 0 Å². The average Bonchev–Trinajstić information content (AvgIpc) is 2.26. The molecule has 1 saturated carbocycles. The van der Waals surface area contributed by atoms with Crippen LogP contribution in [0.15, 0.2) is 0 Å². The highest BCUT2D eigenvalue weighted by atomic mass is 79.9. The predicted molar refractivity (Wildman–Crippen MR) is 75.0 cm³/mol. The van der Waals surface area contributed by atoms with Crippen LogP contribution in [0.4, 0.5) is 4.79 Å². The Morgan fingerprint density at radius 3 is 2.39 bits per heavy atom. The van der Waals surface area contributed by atoms with Crippen LogP contribution in [-0.2, 0) is 4.74 Å². The van der Waals surface area contributed by atoms with Crippen molar-refractivity contribution in [3.05, 3.63) is 0 Å². The molecule has 0 aromatic rings. The molecule has 0 bridgehead atoms. The largest absolute Gasteiger partial charge is 0.444 e. The van der Waals surface area contributed by atoms with Crippen LogP contribution in [0.25, 0.3) is 0 Å². The number of aliphatic hydroxyl groups is 1. The second-order valence-corrected chi connectivity index (χ2v) is 6.66. The van der Waals surface area contributed by atoms with Crippen LogP contribution in [0.2, 0.25) is 0 Å². The quantitative estimate of drug-likeness (QED) is 0.786. The number of aliphatic hydroxyl groups excluding tert-OH is 1. The lowest BCUT2D eigenvalue weighted by Gasteiger charge is -2.41. The minimum atomic E-state index is -0.578. The van der Waals surface area contributed by atoms with Crippen LogP contribution < -0.4 is 5.32 Å². The van der Waals surface area contributed by atoms with Crippen molar-refractivity contribution in [1.29, 1.82) is 0 Å². The number of nitrogens with one attached hydrogen (secondary N) is 1. The average molecular weight is 322 g/mol. The third kappa shape index (κ3) is 4.43. The van der Waals surface area contributed by atoms with E-state index in [2.05, 4.69) is 21.2 Å². The van der Waals surface area contributed by atoms with Crippen molar-refractivity contribution in [1.82, 2.24) is 5.32 Å². The van der Waals surface area contributed by atoms with Crippen LogP contribution in [0, 0.1) is 0 Å². The molecule has 0 aromatic carbocycles. The number of halogens is 1. The van der Waals surface area contributed by atoms with Gasteiger partial charge in [0.25, 0.3) is 0 Å². The number of carbonyl (C=O) groups is 1. The summed E-state index contributed by atoms with van der Waals surface area (Å²) in [5.41, 5.74) is -1.05. The fraction of sp³-hybridized carbons (Fsp3) is 0.923. The lowest BCUT2D eigenvalue weighted by Crippen LogP contribution is -2.59. The van der Waals surface area contributed by atoms with Crippen LogP contribution in [0.5, 0.6) is 0 Å². The molecule has 1 unspecified atom stereocenters. The van der Waals surface area contributed by atoms with E-state index in [1.165, 1.54) is 0 Å². The monoisotopic (exact) mass is 321 g/mol. The Balaban J connectivity index is 2.70. The lowest BCUT2D eigenvalue weighted by molar-refractivity contribution is 0.0160. The van der Waals surface area contributed by atoms with Gasteiger partial charge in [0.15, 0.2) is 0 Å². The van der Waals surface area contributed by atoms with Crippen LogP contribution in [-0.4, -0.2) is 33.8 Å². The smallest absolute Gasteiger partial charge is 0.408 e. The molecule has 1 aliphatic rings. The standard InChI is InChI=1S/C13H24BrNO3/c1-12(2,3)18-11(17)15-13(10(16)9-14)7-5-4-6-8-13/h10,16H,4-9H2,1-3H3,(H,15,17). The zero-order chi connectivity index (χ0) is 13.8. The van der Waals surface area contributed by atoms with Crippen molar-refractivity contribution >= 4 is 22.0 Å². The zero-order valence-corrected chi connectivity index (χ0v) is 13.0. The summed E-state index contributed by atoms with van der Waals surface area (Å²) in [6.45, 7) is 5.50. The topological polar surface area (TPSA) is 58.6 Å². The first-order valence-electron chi connectivity index (χ1n) is 6.54. The third-order valence-corrected chi connectivity index (χ3v) is 3.89. The molecule has 0 spiro atoms. The van der Waals surface area contributed by atoms with Gasteiger partial charge in [-0.2, -0.15) is 0 Å². The van der Waals surface area contributed by atoms with Crippen molar-refractivity contribution in [2.24, 2.45) is 0 Å². The fourth-order valence-corrected chi connectivity index (χ4v) is 3.00. The Morgan fingerprint density at radius 2 is 1.94 bits per heavy atom. The number of alkyl halides is 1. The van der Waals surface area contributed by atoms with Crippen molar-refractivity contribution in [3.63, 3.8) is 0 Å². The van der Waals surface area contributed by atoms with Gasteiger partial charge >= 0.3 is 6.09 Å². The highest BCUT2D eigenvalue weighted by Gasteiger charge is 2.40. The second-order valence-electron chi connectivity index (χ2n) is 6.01. The van der Waals surface area contributed by atoms with E-state index in [0.717, 1.165) is 32.1 Å². The Hall–Kier alpha value is -0.290. The van der Waals surface area contributed by atoms with E-state index < -0.39 is 23.3 Å². The molecule has 2 N–H and O–H groups in total. The molecule has 1 amide bonds. The summed E-state index contributed by atoms with van der Waals surface area (Å²) in [6, 6.07) is 0. The van der Waals surface area contributed by atoms with Gasteiger partial charge in [-0.1, -0.05) is 35.2 Å². The van der Waals surface area contributed by atoms with Crippen molar-refractivity contribution in [2.75, 3.05) is 5.33 Å². The summed E-state index contributed by atoms with van der Waals surface area (Å²) < 4.78 is 5.28. The molecule has 0 saturated heterocycles. The second kappa shape index (κ2) is 6.24. The molecule has 18 heavy (non-hydrogen) atoms. The molecule has 1 fully saturated rings. The van der Waals surface area contributed by atoms with Crippen LogP contribution >= 0.6 is 15.9 Å². The summed E-state index contributed by atoms with van der Waals surface area (Å²) in [7, 11) is 0. The zero-order valence-electron chi connectivity index (χ0n) is 11.5. The molecule has 5 heteroatoms. The third-order valence-electron chi connectivity index (χ3n) is 3.28. The minimum absolute atomic E-state index is 0.440. The van der Waals surface area contributed by atoms with Gasteiger partial charge in [0, 0.05) is 5.33 Å². The van der Waals surface area contributed by atoms with E-state index in [1.807, 2.05) is 20.8 Å². The first kappa shape index (κ1) is 15.8. The van der Waals surface area contributed by atoms with Gasteiger partial charge in [0.1, 0.15) is 5.60 Å². The number of rotatable bonds is 3. The highest BCUT2D eigenvalue weighted by molar-refractivity contribution is 9.09. The van der Waals surface area contributed by atoms with Gasteiger partial charge in [-0.25, -0.2) is 4.79 Å². The first-order chi connectivity index (χ1) is 8.29. The fourth-order valence-electron chi connectivity index (χ4n) is 2.38. The number of carbonyl (C=O) groups excluding carboxylic acids is 1. The SMILES string of the molecule is CC(C)(C)OC(=O)NC1(C(O)CBr)CCCCC1. The van der Waals surface area contributed by atoms with E-state index in [0.29, 0.717) is 5.33 Å². The molecule has 1 aliphatic carbocycles. The molecule has 0 aliphatic heterocycles. The summed E-state index contributed by atoms with van der Waals surface area (Å²) in [6.07, 6.45) is 3.81. The summed E-state index contributed by atoms with van der Waals surface area (Å²) in [4.78, 5) is 11.9. The Bertz CT molecular complexity index is 282. The molecule has 1 atom stereocenters. The van der Waals surface area contributed by atoms with Gasteiger partial charge in [-0.15, -0.1) is 0 Å². The Morgan fingerprint density at radius 1 is 1.39 bits per heavy atom. The lowest BCUT2D eigenvalue weighted by atomic mass is 9.78. The molecular formula is C13H24BrNO3. The van der Waals surface area contributed by atoms with Gasteiger partial charge in [-0.3, -0.25) is 0 Å². The maximum atomic E-state index is 11.9. The first-order valence-corrected chi connectivity index (χ1v) is 7.66. The van der Waals surface area contributed by atoms with E-state index >= 15 is 0 Å². The van der Waals surface area contributed by atoms with E-state index in [4.69, 9.17) is 4.74 Å².